The first-order valence-electron chi connectivity index (χ1n) is 8.52. The summed E-state index contributed by atoms with van der Waals surface area (Å²) in [5.41, 5.74) is 3.02. The molecule has 0 aliphatic carbocycles. The summed E-state index contributed by atoms with van der Waals surface area (Å²) in [6.07, 6.45) is 1.31. The van der Waals surface area contributed by atoms with Crippen molar-refractivity contribution in [3.05, 3.63) is 65.5 Å². The molecular formula is C20H21FN2O2. The number of hydrogen-bond acceptors (Lipinski definition) is 3. The monoisotopic (exact) mass is 340 g/mol. The Balaban J connectivity index is 1.39. The van der Waals surface area contributed by atoms with Crippen LogP contribution in [-0.4, -0.2) is 31.3 Å². The van der Waals surface area contributed by atoms with Crippen LogP contribution in [0.1, 0.15) is 28.8 Å². The molecule has 5 heteroatoms. The highest BCUT2D eigenvalue weighted by Crippen LogP contribution is 2.26. The fourth-order valence-electron chi connectivity index (χ4n) is 3.06. The van der Waals surface area contributed by atoms with Crippen LogP contribution in [0.3, 0.4) is 0 Å². The smallest absolute Gasteiger partial charge is 0.220 e. The highest BCUT2D eigenvalue weighted by atomic mass is 19.1. The Labute approximate surface area is 146 Å². The van der Waals surface area contributed by atoms with Gasteiger partial charge >= 0.3 is 0 Å². The van der Waals surface area contributed by atoms with Gasteiger partial charge in [0.05, 0.1) is 0 Å². The molecule has 1 amide bonds. The number of anilines is 1. The van der Waals surface area contributed by atoms with Crippen molar-refractivity contribution in [2.45, 2.75) is 19.3 Å². The molecule has 1 N–H and O–H groups in total. The molecule has 130 valence electrons. The second-order valence-electron chi connectivity index (χ2n) is 6.15. The summed E-state index contributed by atoms with van der Waals surface area (Å²) in [6, 6.07) is 13.7. The summed E-state index contributed by atoms with van der Waals surface area (Å²) in [5.74, 6) is -0.663. The molecule has 25 heavy (non-hydrogen) atoms. The number of benzene rings is 2. The number of carbonyl (C=O) groups is 2. The van der Waals surface area contributed by atoms with Crippen LogP contribution in [0.15, 0.2) is 48.5 Å². The van der Waals surface area contributed by atoms with Crippen LogP contribution >= 0.6 is 0 Å². The number of nitrogens with one attached hydrogen (secondary N) is 1. The minimum Gasteiger partial charge on any atom is -0.369 e. The Bertz CT molecular complexity index is 759. The molecule has 0 spiro atoms. The standard InChI is InChI=1S/C20H21FN2O2/c21-17-7-5-16(6-8-17)19(24)9-10-20(25)22-12-14-23-13-11-15-3-1-2-4-18(15)23/h1-8H,9-14H2,(H,22,25). The summed E-state index contributed by atoms with van der Waals surface area (Å²) < 4.78 is 12.8. The van der Waals surface area contributed by atoms with Gasteiger partial charge in [-0.15, -0.1) is 0 Å². The number of rotatable bonds is 7. The molecule has 4 nitrogen and oxygen atoms in total. The van der Waals surface area contributed by atoms with Gasteiger partial charge in [-0.3, -0.25) is 9.59 Å². The van der Waals surface area contributed by atoms with E-state index >= 15 is 0 Å². The first-order valence-corrected chi connectivity index (χ1v) is 8.52. The lowest BCUT2D eigenvalue weighted by atomic mass is 10.1. The van der Waals surface area contributed by atoms with E-state index in [0.717, 1.165) is 19.5 Å². The molecule has 0 bridgehead atoms. The average molecular weight is 340 g/mol. The van der Waals surface area contributed by atoms with Crippen LogP contribution < -0.4 is 10.2 Å². The quantitative estimate of drug-likeness (QED) is 0.789. The van der Waals surface area contributed by atoms with Gasteiger partial charge in [0.15, 0.2) is 5.78 Å². The van der Waals surface area contributed by atoms with Crippen molar-refractivity contribution < 1.29 is 14.0 Å². The highest BCUT2D eigenvalue weighted by Gasteiger charge is 2.17. The van der Waals surface area contributed by atoms with Gasteiger partial charge in [0.25, 0.3) is 0 Å². The molecule has 1 aliphatic rings. The first kappa shape index (κ1) is 17.1. The molecule has 0 atom stereocenters. The van der Waals surface area contributed by atoms with Gasteiger partial charge in [-0.25, -0.2) is 4.39 Å². The van der Waals surface area contributed by atoms with Crippen LogP contribution in [0.5, 0.6) is 0 Å². The Morgan fingerprint density at radius 2 is 1.80 bits per heavy atom. The van der Waals surface area contributed by atoms with E-state index in [9.17, 15) is 14.0 Å². The number of hydrogen-bond donors (Lipinski definition) is 1. The van der Waals surface area contributed by atoms with E-state index in [1.54, 1.807) is 0 Å². The van der Waals surface area contributed by atoms with E-state index < -0.39 is 0 Å². The number of ketones is 1. The number of halogens is 1. The van der Waals surface area contributed by atoms with Crippen LogP contribution in [0.25, 0.3) is 0 Å². The number of Topliss-reactive ketones (excluding diaryl/α,β-unsaturated/α-hetero) is 1. The number of nitrogens with zero attached hydrogens (tertiary/aromatic N) is 1. The van der Waals surface area contributed by atoms with Crippen molar-refractivity contribution in [1.82, 2.24) is 5.32 Å². The molecule has 3 rings (SSSR count). The predicted molar refractivity (Wildman–Crippen MR) is 95.3 cm³/mol. The Morgan fingerprint density at radius 1 is 1.04 bits per heavy atom. The number of para-hydroxylation sites is 1. The minimum absolute atomic E-state index is 0.129. The third-order valence-electron chi connectivity index (χ3n) is 4.43. The summed E-state index contributed by atoms with van der Waals surface area (Å²) >= 11 is 0. The first-order chi connectivity index (χ1) is 12.1. The normalized spacial score (nSPS) is 12.8. The summed E-state index contributed by atoms with van der Waals surface area (Å²) in [4.78, 5) is 26.1. The lowest BCUT2D eigenvalue weighted by Gasteiger charge is -2.19. The van der Waals surface area contributed by atoms with E-state index in [2.05, 4.69) is 22.3 Å². The van der Waals surface area contributed by atoms with Gasteiger partial charge in [-0.05, 0) is 42.3 Å². The van der Waals surface area contributed by atoms with E-state index in [1.807, 2.05) is 12.1 Å². The maximum Gasteiger partial charge on any atom is 0.220 e. The lowest BCUT2D eigenvalue weighted by molar-refractivity contribution is -0.121. The summed E-state index contributed by atoms with van der Waals surface area (Å²) in [5, 5.41) is 2.86. The SMILES string of the molecule is O=C(CCC(=O)c1ccc(F)cc1)NCCN1CCc2ccccc21. The van der Waals surface area contributed by atoms with Crippen LogP contribution in [-0.2, 0) is 11.2 Å². The molecule has 0 saturated heterocycles. The zero-order chi connectivity index (χ0) is 17.6. The van der Waals surface area contributed by atoms with Crippen molar-refractivity contribution >= 4 is 17.4 Å². The largest absolute Gasteiger partial charge is 0.369 e. The van der Waals surface area contributed by atoms with Crippen LogP contribution in [0, 0.1) is 5.82 Å². The second-order valence-corrected chi connectivity index (χ2v) is 6.15. The van der Waals surface area contributed by atoms with Gasteiger partial charge in [0.2, 0.25) is 5.91 Å². The van der Waals surface area contributed by atoms with Crippen molar-refractivity contribution in [1.29, 1.82) is 0 Å². The molecule has 0 saturated carbocycles. The van der Waals surface area contributed by atoms with Crippen molar-refractivity contribution in [2.24, 2.45) is 0 Å². The Morgan fingerprint density at radius 3 is 2.60 bits per heavy atom. The summed E-state index contributed by atoms with van der Waals surface area (Å²) in [7, 11) is 0. The van der Waals surface area contributed by atoms with Crippen molar-refractivity contribution in [3.8, 4) is 0 Å². The predicted octanol–water partition coefficient (Wildman–Crippen LogP) is 2.97. The minimum atomic E-state index is -0.377. The molecule has 0 aromatic heterocycles. The van der Waals surface area contributed by atoms with E-state index in [1.165, 1.54) is 35.5 Å². The average Bonchev–Trinajstić information content (AvgIpc) is 3.04. The maximum absolute atomic E-state index is 12.8. The van der Waals surface area contributed by atoms with E-state index in [0.29, 0.717) is 12.1 Å². The molecule has 0 unspecified atom stereocenters. The summed E-state index contributed by atoms with van der Waals surface area (Å²) in [6.45, 7) is 2.28. The van der Waals surface area contributed by atoms with Gasteiger partial charge in [-0.1, -0.05) is 18.2 Å². The number of fused-ring (bicyclic) bond motifs is 1. The zero-order valence-electron chi connectivity index (χ0n) is 14.0. The molecule has 2 aromatic rings. The van der Waals surface area contributed by atoms with Gasteiger partial charge < -0.3 is 10.2 Å². The third-order valence-corrected chi connectivity index (χ3v) is 4.43. The molecule has 2 aromatic carbocycles. The van der Waals surface area contributed by atoms with Crippen molar-refractivity contribution in [2.75, 3.05) is 24.5 Å². The Hall–Kier alpha value is -2.69. The zero-order valence-corrected chi connectivity index (χ0v) is 14.0. The Kier molecular flexibility index (Phi) is 5.43. The third kappa shape index (κ3) is 4.44. The van der Waals surface area contributed by atoms with Gasteiger partial charge in [0.1, 0.15) is 5.82 Å². The van der Waals surface area contributed by atoms with Gasteiger partial charge in [-0.2, -0.15) is 0 Å². The molecule has 1 aliphatic heterocycles. The second kappa shape index (κ2) is 7.92. The van der Waals surface area contributed by atoms with Crippen molar-refractivity contribution in [3.63, 3.8) is 0 Å². The molecule has 1 heterocycles. The topological polar surface area (TPSA) is 49.4 Å². The van der Waals surface area contributed by atoms with Crippen LogP contribution in [0.4, 0.5) is 10.1 Å². The van der Waals surface area contributed by atoms with Crippen LogP contribution in [0.2, 0.25) is 0 Å². The number of carbonyl (C=O) groups excluding carboxylic acids is 2. The fourth-order valence-corrected chi connectivity index (χ4v) is 3.06. The molecule has 0 radical (unpaired) electrons. The highest BCUT2D eigenvalue weighted by molar-refractivity contribution is 5.97. The van der Waals surface area contributed by atoms with E-state index in [4.69, 9.17) is 0 Å². The lowest BCUT2D eigenvalue weighted by Crippen LogP contribution is -2.34. The molecular weight excluding hydrogens is 319 g/mol. The molecule has 0 fully saturated rings. The maximum atomic E-state index is 12.8. The fraction of sp³-hybridized carbons (Fsp3) is 0.300. The van der Waals surface area contributed by atoms with E-state index in [-0.39, 0.29) is 30.3 Å². The number of amides is 1. The van der Waals surface area contributed by atoms with Gasteiger partial charge in [0, 0.05) is 43.7 Å².